The Balaban J connectivity index is 2.03. The largest absolute Gasteiger partial charge is 0.375 e. The number of hydrogen-bond acceptors (Lipinski definition) is 4. The molecular formula is C24H23N3O. The van der Waals surface area contributed by atoms with E-state index in [2.05, 4.69) is 24.0 Å². The Kier molecular flexibility index (Phi) is 5.15. The van der Waals surface area contributed by atoms with Crippen molar-refractivity contribution in [2.75, 3.05) is 0 Å². The summed E-state index contributed by atoms with van der Waals surface area (Å²) < 4.78 is 0. The third-order valence-corrected chi connectivity index (χ3v) is 4.82. The van der Waals surface area contributed by atoms with Crippen molar-refractivity contribution < 1.29 is 5.11 Å². The molecule has 4 heteroatoms. The Morgan fingerprint density at radius 2 is 1.64 bits per heavy atom. The molecule has 0 aliphatic rings. The minimum atomic E-state index is -1.06. The lowest BCUT2D eigenvalue weighted by Gasteiger charge is -2.14. The van der Waals surface area contributed by atoms with Gasteiger partial charge in [0.05, 0.1) is 16.7 Å². The second-order valence-electron chi connectivity index (χ2n) is 6.88. The van der Waals surface area contributed by atoms with Gasteiger partial charge < -0.3 is 10.8 Å². The van der Waals surface area contributed by atoms with Crippen LogP contribution < -0.4 is 5.73 Å². The zero-order valence-corrected chi connectivity index (χ0v) is 15.8. The van der Waals surface area contributed by atoms with E-state index in [1.807, 2.05) is 60.8 Å². The van der Waals surface area contributed by atoms with Crippen molar-refractivity contribution >= 4 is 33.7 Å². The molecule has 3 aromatic carbocycles. The Morgan fingerprint density at radius 3 is 2.25 bits per heavy atom. The van der Waals surface area contributed by atoms with Crippen molar-refractivity contribution in [3.63, 3.8) is 0 Å². The number of aliphatic hydroxyl groups is 1. The monoisotopic (exact) mass is 369 g/mol. The van der Waals surface area contributed by atoms with E-state index in [1.54, 1.807) is 0 Å². The van der Waals surface area contributed by atoms with E-state index in [-0.39, 0.29) is 0 Å². The lowest BCUT2D eigenvalue weighted by molar-refractivity contribution is 0.186. The molecule has 0 saturated carbocycles. The van der Waals surface area contributed by atoms with Gasteiger partial charge >= 0.3 is 0 Å². The number of benzene rings is 3. The smallest absolute Gasteiger partial charge is 0.128 e. The average molecular weight is 369 g/mol. The lowest BCUT2D eigenvalue weighted by Crippen LogP contribution is -2.08. The first kappa shape index (κ1) is 18.3. The maximum atomic E-state index is 10.0. The fourth-order valence-electron chi connectivity index (χ4n) is 3.47. The number of fused-ring (bicyclic) bond motifs is 2. The van der Waals surface area contributed by atoms with Gasteiger partial charge in [-0.15, -0.1) is 0 Å². The van der Waals surface area contributed by atoms with Crippen LogP contribution in [0.25, 0.3) is 32.9 Å². The van der Waals surface area contributed by atoms with E-state index in [0.29, 0.717) is 5.56 Å². The van der Waals surface area contributed by atoms with Gasteiger partial charge in [-0.25, -0.2) is 4.98 Å². The first-order valence-electron chi connectivity index (χ1n) is 9.56. The van der Waals surface area contributed by atoms with E-state index in [4.69, 9.17) is 10.7 Å². The Morgan fingerprint density at radius 1 is 1.00 bits per heavy atom. The topological polar surface area (TPSA) is 71.5 Å². The van der Waals surface area contributed by atoms with E-state index in [9.17, 15) is 5.11 Å². The van der Waals surface area contributed by atoms with Crippen LogP contribution in [0.3, 0.4) is 0 Å². The van der Waals surface area contributed by atoms with Gasteiger partial charge in [0, 0.05) is 22.6 Å². The number of pyridine rings is 1. The van der Waals surface area contributed by atoms with Crippen molar-refractivity contribution in [1.29, 1.82) is 0 Å². The summed E-state index contributed by atoms with van der Waals surface area (Å²) in [4.78, 5) is 9.38. The molecule has 0 radical (unpaired) electrons. The third kappa shape index (κ3) is 3.52. The van der Waals surface area contributed by atoms with Gasteiger partial charge in [0.15, 0.2) is 0 Å². The molecule has 3 N–H and O–H groups in total. The summed E-state index contributed by atoms with van der Waals surface area (Å²) in [7, 11) is 0. The molecule has 4 rings (SSSR count). The van der Waals surface area contributed by atoms with Crippen LogP contribution in [-0.2, 0) is 0 Å². The number of hydrogen-bond donors (Lipinski definition) is 2. The normalized spacial score (nSPS) is 12.8. The van der Waals surface area contributed by atoms with Crippen LogP contribution in [0, 0.1) is 0 Å². The molecule has 0 saturated heterocycles. The van der Waals surface area contributed by atoms with Crippen LogP contribution >= 0.6 is 0 Å². The summed E-state index contributed by atoms with van der Waals surface area (Å²) in [5.74, 6) is 0. The predicted molar refractivity (Wildman–Crippen MR) is 117 cm³/mol. The predicted octanol–water partition coefficient (Wildman–Crippen LogP) is 5.51. The Hall–Kier alpha value is -3.08. The SMILES string of the molecule is CCCC=Nc1cc(-c2c3ccccc3nc3ccccc23)cc(C(N)O)c1. The quantitative estimate of drug-likeness (QED) is 0.277. The van der Waals surface area contributed by atoms with Gasteiger partial charge in [0.1, 0.15) is 6.23 Å². The standard InChI is InChI=1S/C24H23N3O/c1-2-3-12-26-18-14-16(13-17(15-18)24(25)28)23-19-8-4-6-10-21(19)27-22-11-7-5-9-20(22)23/h4-15,24,28H,2-3,25H2,1H3. The molecule has 0 spiro atoms. The zero-order chi connectivity index (χ0) is 19.5. The van der Waals surface area contributed by atoms with E-state index in [1.165, 1.54) is 0 Å². The minimum absolute atomic E-state index is 0.645. The van der Waals surface area contributed by atoms with Crippen molar-refractivity contribution in [2.45, 2.75) is 26.0 Å². The highest BCUT2D eigenvalue weighted by molar-refractivity contribution is 6.09. The average Bonchev–Trinajstić information content (AvgIpc) is 2.72. The van der Waals surface area contributed by atoms with Crippen LogP contribution in [-0.4, -0.2) is 16.3 Å². The summed E-state index contributed by atoms with van der Waals surface area (Å²) in [6.45, 7) is 2.12. The molecule has 4 nitrogen and oxygen atoms in total. The Labute approximate surface area is 164 Å². The molecule has 0 aliphatic heterocycles. The number of aliphatic hydroxyl groups excluding tert-OH is 1. The molecule has 140 valence electrons. The van der Waals surface area contributed by atoms with Crippen molar-refractivity contribution in [1.82, 2.24) is 4.98 Å². The fourth-order valence-corrected chi connectivity index (χ4v) is 3.47. The number of para-hydroxylation sites is 2. The van der Waals surface area contributed by atoms with Crippen molar-refractivity contribution in [3.05, 3.63) is 72.3 Å². The highest BCUT2D eigenvalue weighted by Crippen LogP contribution is 2.37. The summed E-state index contributed by atoms with van der Waals surface area (Å²) in [5, 5.41) is 12.2. The van der Waals surface area contributed by atoms with E-state index in [0.717, 1.165) is 51.5 Å². The van der Waals surface area contributed by atoms with Gasteiger partial charge in [0.25, 0.3) is 0 Å². The number of unbranched alkanes of at least 4 members (excludes halogenated alkanes) is 1. The molecule has 1 aromatic heterocycles. The van der Waals surface area contributed by atoms with Crippen LogP contribution in [0.1, 0.15) is 31.6 Å². The number of nitrogens with zero attached hydrogens (tertiary/aromatic N) is 2. The van der Waals surface area contributed by atoms with Gasteiger partial charge in [-0.2, -0.15) is 0 Å². The summed E-state index contributed by atoms with van der Waals surface area (Å²) >= 11 is 0. The second kappa shape index (κ2) is 7.89. The molecule has 0 bridgehead atoms. The van der Waals surface area contributed by atoms with Crippen LogP contribution in [0.4, 0.5) is 5.69 Å². The van der Waals surface area contributed by atoms with Gasteiger partial charge in [-0.1, -0.05) is 49.7 Å². The van der Waals surface area contributed by atoms with Gasteiger partial charge in [-0.3, -0.25) is 4.99 Å². The first-order valence-corrected chi connectivity index (χ1v) is 9.56. The molecule has 1 atom stereocenters. The summed E-state index contributed by atoms with van der Waals surface area (Å²) in [5.41, 5.74) is 11.2. The number of rotatable bonds is 5. The maximum absolute atomic E-state index is 10.0. The highest BCUT2D eigenvalue weighted by atomic mass is 16.3. The first-order chi connectivity index (χ1) is 13.7. The number of aliphatic imine (C=N–C) groups is 1. The van der Waals surface area contributed by atoms with Gasteiger partial charge in [0.2, 0.25) is 0 Å². The van der Waals surface area contributed by atoms with Crippen molar-refractivity contribution in [3.8, 4) is 11.1 Å². The highest BCUT2D eigenvalue weighted by Gasteiger charge is 2.14. The molecular weight excluding hydrogens is 346 g/mol. The van der Waals surface area contributed by atoms with Crippen molar-refractivity contribution in [2.24, 2.45) is 10.7 Å². The molecule has 4 aromatic rings. The zero-order valence-electron chi connectivity index (χ0n) is 15.8. The molecule has 1 heterocycles. The summed E-state index contributed by atoms with van der Waals surface area (Å²) in [6, 6.07) is 22.1. The minimum Gasteiger partial charge on any atom is -0.375 e. The van der Waals surface area contributed by atoms with Crippen LogP contribution in [0.15, 0.2) is 71.7 Å². The van der Waals surface area contributed by atoms with Gasteiger partial charge in [-0.05, 0) is 47.9 Å². The molecule has 0 fully saturated rings. The number of nitrogens with two attached hydrogens (primary N) is 1. The Bertz CT molecular complexity index is 1110. The van der Waals surface area contributed by atoms with E-state index >= 15 is 0 Å². The number of aromatic nitrogens is 1. The molecule has 0 amide bonds. The summed E-state index contributed by atoms with van der Waals surface area (Å²) in [6.07, 6.45) is 2.80. The fraction of sp³-hybridized carbons (Fsp3) is 0.167. The lowest BCUT2D eigenvalue weighted by atomic mass is 9.94. The third-order valence-electron chi connectivity index (χ3n) is 4.82. The second-order valence-corrected chi connectivity index (χ2v) is 6.88. The maximum Gasteiger partial charge on any atom is 0.128 e. The van der Waals surface area contributed by atoms with E-state index < -0.39 is 6.23 Å². The molecule has 0 aliphatic carbocycles. The van der Waals surface area contributed by atoms with Crippen LogP contribution in [0.2, 0.25) is 0 Å². The molecule has 1 unspecified atom stereocenters. The molecule has 28 heavy (non-hydrogen) atoms. The van der Waals surface area contributed by atoms with Crippen LogP contribution in [0.5, 0.6) is 0 Å².